The standard InChI is InChI=1S/C28H48O2/c1-18(2)7-6-8-19(3)21-10-11-26(5)24-16-23(30)22-15-20(29)9-12-27(22)17-28(24,27)14-13-25(21,26)4/h18-24,29-30H,6-17H2,1-5H3/t19-,20+,21-,22-,23+,24+,25-,26+,27-,28+/m1/s1. The Labute approximate surface area is 185 Å². The van der Waals surface area contributed by atoms with Crippen LogP contribution in [-0.4, -0.2) is 22.4 Å². The zero-order chi connectivity index (χ0) is 21.5. The number of aliphatic hydroxyl groups excluding tert-OH is 2. The Morgan fingerprint density at radius 2 is 1.60 bits per heavy atom. The number of hydrogen-bond donors (Lipinski definition) is 2. The van der Waals surface area contributed by atoms with Gasteiger partial charge in [-0.3, -0.25) is 0 Å². The average Bonchev–Trinajstić information content (AvgIpc) is 3.25. The molecule has 0 radical (unpaired) electrons. The lowest BCUT2D eigenvalue weighted by Gasteiger charge is -2.62. The van der Waals surface area contributed by atoms with Gasteiger partial charge in [-0.2, -0.15) is 0 Å². The van der Waals surface area contributed by atoms with E-state index in [0.29, 0.717) is 33.5 Å². The molecule has 30 heavy (non-hydrogen) atoms. The molecule has 0 bridgehead atoms. The summed E-state index contributed by atoms with van der Waals surface area (Å²) >= 11 is 0. The van der Waals surface area contributed by atoms with Gasteiger partial charge in [0.1, 0.15) is 0 Å². The van der Waals surface area contributed by atoms with Crippen molar-refractivity contribution in [3.05, 3.63) is 0 Å². The molecule has 5 rings (SSSR count). The van der Waals surface area contributed by atoms with Crippen molar-refractivity contribution in [2.45, 2.75) is 124 Å². The van der Waals surface area contributed by atoms with E-state index >= 15 is 0 Å². The quantitative estimate of drug-likeness (QED) is 0.531. The summed E-state index contributed by atoms with van der Waals surface area (Å²) in [6, 6.07) is 0. The molecule has 0 saturated heterocycles. The van der Waals surface area contributed by atoms with Crippen molar-refractivity contribution in [1.82, 2.24) is 0 Å². The van der Waals surface area contributed by atoms with Gasteiger partial charge in [-0.25, -0.2) is 0 Å². The monoisotopic (exact) mass is 416 g/mol. The topological polar surface area (TPSA) is 40.5 Å². The Bertz CT molecular complexity index is 674. The first-order valence-corrected chi connectivity index (χ1v) is 13.5. The second kappa shape index (κ2) is 6.96. The maximum atomic E-state index is 11.3. The van der Waals surface area contributed by atoms with Crippen LogP contribution >= 0.6 is 0 Å². The van der Waals surface area contributed by atoms with Crippen LogP contribution in [0.2, 0.25) is 0 Å². The van der Waals surface area contributed by atoms with E-state index in [1.165, 1.54) is 57.8 Å². The largest absolute Gasteiger partial charge is 0.393 e. The summed E-state index contributed by atoms with van der Waals surface area (Å²) in [6.07, 6.45) is 14.8. The van der Waals surface area contributed by atoms with Crippen LogP contribution in [0.5, 0.6) is 0 Å². The van der Waals surface area contributed by atoms with Crippen molar-refractivity contribution in [3.63, 3.8) is 0 Å². The molecule has 0 aliphatic heterocycles. The number of aliphatic hydroxyl groups is 2. The molecule has 5 aliphatic carbocycles. The third-order valence-corrected chi connectivity index (χ3v) is 12.4. The number of fused-ring (bicyclic) bond motifs is 2. The lowest BCUT2D eigenvalue weighted by atomic mass is 9.43. The van der Waals surface area contributed by atoms with E-state index in [1.807, 2.05) is 0 Å². The average molecular weight is 417 g/mol. The minimum atomic E-state index is -0.178. The van der Waals surface area contributed by atoms with Gasteiger partial charge >= 0.3 is 0 Å². The molecule has 2 nitrogen and oxygen atoms in total. The van der Waals surface area contributed by atoms with Gasteiger partial charge in [0.05, 0.1) is 12.2 Å². The summed E-state index contributed by atoms with van der Waals surface area (Å²) in [7, 11) is 0. The van der Waals surface area contributed by atoms with Crippen LogP contribution in [0.3, 0.4) is 0 Å². The third-order valence-electron chi connectivity index (χ3n) is 12.4. The maximum Gasteiger partial charge on any atom is 0.0577 e. The van der Waals surface area contributed by atoms with E-state index in [4.69, 9.17) is 0 Å². The Morgan fingerprint density at radius 3 is 2.33 bits per heavy atom. The molecule has 0 aromatic carbocycles. The van der Waals surface area contributed by atoms with Crippen molar-refractivity contribution in [2.75, 3.05) is 0 Å². The molecule has 0 heterocycles. The van der Waals surface area contributed by atoms with Gasteiger partial charge in [0, 0.05) is 0 Å². The van der Waals surface area contributed by atoms with Crippen LogP contribution in [0, 0.1) is 51.2 Å². The highest BCUT2D eigenvalue weighted by Crippen LogP contribution is 2.87. The van der Waals surface area contributed by atoms with Gasteiger partial charge in [0.25, 0.3) is 0 Å². The van der Waals surface area contributed by atoms with E-state index in [-0.39, 0.29) is 12.2 Å². The van der Waals surface area contributed by atoms with Gasteiger partial charge in [0.15, 0.2) is 0 Å². The lowest BCUT2D eigenvalue weighted by molar-refractivity contribution is -0.164. The van der Waals surface area contributed by atoms with Gasteiger partial charge in [0.2, 0.25) is 0 Å². The fraction of sp³-hybridized carbons (Fsp3) is 1.00. The van der Waals surface area contributed by atoms with Gasteiger partial charge < -0.3 is 10.2 Å². The fourth-order valence-electron chi connectivity index (χ4n) is 10.6. The molecule has 2 heteroatoms. The normalized spacial score (nSPS) is 55.4. The van der Waals surface area contributed by atoms with Crippen molar-refractivity contribution in [3.8, 4) is 0 Å². The molecule has 0 aromatic rings. The first-order chi connectivity index (χ1) is 14.1. The second-order valence-electron chi connectivity index (χ2n) is 13.7. The van der Waals surface area contributed by atoms with Crippen LogP contribution < -0.4 is 0 Å². The van der Waals surface area contributed by atoms with Crippen molar-refractivity contribution >= 4 is 0 Å². The van der Waals surface area contributed by atoms with Gasteiger partial charge in [-0.05, 0) is 109 Å². The summed E-state index contributed by atoms with van der Waals surface area (Å²) in [6.45, 7) is 12.6. The minimum Gasteiger partial charge on any atom is -0.393 e. The summed E-state index contributed by atoms with van der Waals surface area (Å²) in [5.74, 6) is 3.61. The zero-order valence-corrected chi connectivity index (χ0v) is 20.4. The van der Waals surface area contributed by atoms with Crippen LogP contribution in [0.25, 0.3) is 0 Å². The van der Waals surface area contributed by atoms with Crippen LogP contribution in [0.15, 0.2) is 0 Å². The Balaban J connectivity index is 1.39. The molecule has 172 valence electrons. The second-order valence-corrected chi connectivity index (χ2v) is 13.7. The lowest BCUT2D eigenvalue weighted by Crippen LogP contribution is -2.57. The van der Waals surface area contributed by atoms with Crippen LogP contribution in [-0.2, 0) is 0 Å². The molecule has 5 fully saturated rings. The van der Waals surface area contributed by atoms with E-state index in [1.54, 1.807) is 0 Å². The predicted molar refractivity (Wildman–Crippen MR) is 123 cm³/mol. The maximum absolute atomic E-state index is 11.3. The third kappa shape index (κ3) is 2.68. The molecule has 0 amide bonds. The molecular weight excluding hydrogens is 368 g/mol. The molecule has 0 aromatic heterocycles. The Hall–Kier alpha value is -0.0800. The summed E-state index contributed by atoms with van der Waals surface area (Å²) in [5, 5.41) is 21.6. The first-order valence-electron chi connectivity index (χ1n) is 13.5. The molecule has 2 spiro atoms. The number of rotatable bonds is 5. The van der Waals surface area contributed by atoms with E-state index < -0.39 is 0 Å². The SMILES string of the molecule is CC(C)CCC[C@@H](C)[C@H]1CC[C@@]2(C)[C@@H]3C[C@H](O)[C@H]4C[C@@H](O)CC[C@@]45C[C@@]35CC[C@]12C. The highest BCUT2D eigenvalue weighted by atomic mass is 16.3. The van der Waals surface area contributed by atoms with E-state index in [9.17, 15) is 10.2 Å². The Kier molecular flexibility index (Phi) is 5.04. The van der Waals surface area contributed by atoms with Crippen LogP contribution in [0.1, 0.15) is 112 Å². The summed E-state index contributed by atoms with van der Waals surface area (Å²) in [4.78, 5) is 0. The van der Waals surface area contributed by atoms with Gasteiger partial charge in [-0.1, -0.05) is 53.9 Å². The Morgan fingerprint density at radius 1 is 0.833 bits per heavy atom. The molecule has 5 saturated carbocycles. The predicted octanol–water partition coefficient (Wildman–Crippen LogP) is 6.58. The first kappa shape index (κ1) is 21.7. The van der Waals surface area contributed by atoms with Gasteiger partial charge in [-0.15, -0.1) is 0 Å². The molecule has 2 N–H and O–H groups in total. The molecular formula is C28H48O2. The van der Waals surface area contributed by atoms with E-state index in [2.05, 4.69) is 34.6 Å². The molecule has 10 atom stereocenters. The fourth-order valence-corrected chi connectivity index (χ4v) is 10.6. The number of hydrogen-bond acceptors (Lipinski definition) is 2. The highest BCUT2D eigenvalue weighted by Gasteiger charge is 2.81. The zero-order valence-electron chi connectivity index (χ0n) is 20.4. The van der Waals surface area contributed by atoms with Crippen molar-refractivity contribution in [1.29, 1.82) is 0 Å². The smallest absolute Gasteiger partial charge is 0.0577 e. The van der Waals surface area contributed by atoms with Crippen molar-refractivity contribution < 1.29 is 10.2 Å². The van der Waals surface area contributed by atoms with E-state index in [0.717, 1.165) is 37.0 Å². The highest BCUT2D eigenvalue weighted by molar-refractivity contribution is 5.30. The summed E-state index contributed by atoms with van der Waals surface area (Å²) < 4.78 is 0. The molecule has 0 unspecified atom stereocenters. The molecule has 5 aliphatic rings. The van der Waals surface area contributed by atoms with Crippen molar-refractivity contribution in [2.24, 2.45) is 51.2 Å². The minimum absolute atomic E-state index is 0.170. The summed E-state index contributed by atoms with van der Waals surface area (Å²) in [5.41, 5.74) is 1.72. The van der Waals surface area contributed by atoms with Crippen LogP contribution in [0.4, 0.5) is 0 Å².